The number of fused-ring (bicyclic) bond motifs is 1. The van der Waals surface area contributed by atoms with Crippen LogP contribution in [0.25, 0.3) is 10.9 Å². The second-order valence-corrected chi connectivity index (χ2v) is 5.50. The summed E-state index contributed by atoms with van der Waals surface area (Å²) in [7, 11) is 0. The highest BCUT2D eigenvalue weighted by Gasteiger charge is 2.16. The van der Waals surface area contributed by atoms with E-state index in [1.165, 1.54) is 60.7 Å². The zero-order valence-corrected chi connectivity index (χ0v) is 10.6. The van der Waals surface area contributed by atoms with Crippen molar-refractivity contribution in [1.82, 2.24) is 4.98 Å². The summed E-state index contributed by atoms with van der Waals surface area (Å²) in [6, 6.07) is 9.06. The molecule has 1 aromatic carbocycles. The molecule has 1 heteroatoms. The van der Waals surface area contributed by atoms with Crippen LogP contribution in [0.5, 0.6) is 0 Å². The second-order valence-electron chi connectivity index (χ2n) is 5.50. The lowest BCUT2D eigenvalue weighted by molar-refractivity contribution is 0.581. The molecule has 1 nitrogen and oxygen atoms in total. The van der Waals surface area contributed by atoms with Crippen molar-refractivity contribution >= 4 is 10.9 Å². The van der Waals surface area contributed by atoms with Crippen molar-refractivity contribution in [3.8, 4) is 0 Å². The number of benzene rings is 1. The Balaban J connectivity index is 1.93. The van der Waals surface area contributed by atoms with E-state index in [2.05, 4.69) is 36.2 Å². The molecule has 0 spiro atoms. The van der Waals surface area contributed by atoms with Crippen LogP contribution in [-0.2, 0) is 0 Å². The Morgan fingerprint density at radius 3 is 2.53 bits per heavy atom. The van der Waals surface area contributed by atoms with Crippen LogP contribution in [0.1, 0.15) is 55.7 Å². The molecule has 1 fully saturated rings. The van der Waals surface area contributed by atoms with Crippen LogP contribution < -0.4 is 0 Å². The molecule has 2 aromatic rings. The van der Waals surface area contributed by atoms with Crippen molar-refractivity contribution < 1.29 is 0 Å². The molecule has 1 saturated carbocycles. The number of rotatable bonds is 1. The smallest absolute Gasteiger partial charge is 0.0458 e. The number of hydrogen-bond donors (Lipinski definition) is 1. The Morgan fingerprint density at radius 1 is 1.00 bits per heavy atom. The van der Waals surface area contributed by atoms with Crippen LogP contribution in [0, 0.1) is 6.92 Å². The number of nitrogens with one attached hydrogen (secondary N) is 1. The van der Waals surface area contributed by atoms with E-state index < -0.39 is 0 Å². The fraction of sp³-hybridized carbons (Fsp3) is 0.500. The van der Waals surface area contributed by atoms with Crippen LogP contribution in [0.15, 0.2) is 24.3 Å². The third-order valence-electron chi connectivity index (χ3n) is 4.09. The largest absolute Gasteiger partial charge is 0.358 e. The second kappa shape index (κ2) is 4.56. The summed E-state index contributed by atoms with van der Waals surface area (Å²) in [5.74, 6) is 0.769. The van der Waals surface area contributed by atoms with E-state index in [9.17, 15) is 0 Å². The number of aromatic nitrogens is 1. The third-order valence-corrected chi connectivity index (χ3v) is 4.09. The standard InChI is InChI=1S/C16H21N/c1-12-8-9-14-11-16(17-15(14)10-12)13-6-4-2-3-5-7-13/h8-11,13,17H,2-7H2,1H3. The highest BCUT2D eigenvalue weighted by Crippen LogP contribution is 2.32. The summed E-state index contributed by atoms with van der Waals surface area (Å²) < 4.78 is 0. The van der Waals surface area contributed by atoms with Gasteiger partial charge in [-0.05, 0) is 48.8 Å². The molecule has 90 valence electrons. The summed E-state index contributed by atoms with van der Waals surface area (Å²) in [6.07, 6.45) is 8.39. The zero-order valence-electron chi connectivity index (χ0n) is 10.6. The molecule has 3 rings (SSSR count). The summed E-state index contributed by atoms with van der Waals surface area (Å²) in [6.45, 7) is 2.16. The molecule has 0 bridgehead atoms. The molecule has 1 N–H and O–H groups in total. The van der Waals surface area contributed by atoms with Gasteiger partial charge in [0.2, 0.25) is 0 Å². The van der Waals surface area contributed by atoms with Crippen molar-refractivity contribution in [2.24, 2.45) is 0 Å². The van der Waals surface area contributed by atoms with Crippen molar-refractivity contribution in [3.63, 3.8) is 0 Å². The number of hydrogen-bond acceptors (Lipinski definition) is 0. The Hall–Kier alpha value is -1.24. The minimum atomic E-state index is 0.769. The zero-order chi connectivity index (χ0) is 11.7. The summed E-state index contributed by atoms with van der Waals surface area (Å²) in [5.41, 5.74) is 4.11. The molecule has 1 aliphatic rings. The molecule has 0 atom stereocenters. The predicted molar refractivity (Wildman–Crippen MR) is 73.5 cm³/mol. The molecule has 0 amide bonds. The summed E-state index contributed by atoms with van der Waals surface area (Å²) >= 11 is 0. The summed E-state index contributed by atoms with van der Waals surface area (Å²) in [4.78, 5) is 3.63. The monoisotopic (exact) mass is 227 g/mol. The molecular formula is C16H21N. The van der Waals surface area contributed by atoms with Crippen molar-refractivity contribution in [2.75, 3.05) is 0 Å². The van der Waals surface area contributed by atoms with E-state index >= 15 is 0 Å². The van der Waals surface area contributed by atoms with E-state index in [-0.39, 0.29) is 0 Å². The van der Waals surface area contributed by atoms with E-state index in [0.717, 1.165) is 5.92 Å². The Kier molecular flexibility index (Phi) is 2.92. The van der Waals surface area contributed by atoms with Gasteiger partial charge in [-0.25, -0.2) is 0 Å². The molecule has 1 heterocycles. The number of aromatic amines is 1. The highest BCUT2D eigenvalue weighted by molar-refractivity contribution is 5.81. The lowest BCUT2D eigenvalue weighted by Crippen LogP contribution is -1.96. The topological polar surface area (TPSA) is 15.8 Å². The van der Waals surface area contributed by atoms with Gasteiger partial charge in [0.15, 0.2) is 0 Å². The molecule has 1 aromatic heterocycles. The quantitative estimate of drug-likeness (QED) is 0.666. The fourth-order valence-corrected chi connectivity index (χ4v) is 3.07. The Bertz CT molecular complexity index is 501. The van der Waals surface area contributed by atoms with Gasteiger partial charge in [0.25, 0.3) is 0 Å². The van der Waals surface area contributed by atoms with Gasteiger partial charge in [-0.3, -0.25) is 0 Å². The van der Waals surface area contributed by atoms with Crippen molar-refractivity contribution in [2.45, 2.75) is 51.4 Å². The minimum absolute atomic E-state index is 0.769. The Labute approximate surface area is 103 Å². The molecule has 0 radical (unpaired) electrons. The lowest BCUT2D eigenvalue weighted by Gasteiger charge is -2.11. The van der Waals surface area contributed by atoms with Crippen molar-refractivity contribution in [3.05, 3.63) is 35.5 Å². The molecule has 17 heavy (non-hydrogen) atoms. The third kappa shape index (κ3) is 2.24. The van der Waals surface area contributed by atoms with Gasteiger partial charge in [0, 0.05) is 11.2 Å². The van der Waals surface area contributed by atoms with Gasteiger partial charge >= 0.3 is 0 Å². The molecule has 1 aliphatic carbocycles. The van der Waals surface area contributed by atoms with Gasteiger partial charge in [-0.1, -0.05) is 37.8 Å². The normalized spacial score (nSPS) is 18.4. The average Bonchev–Trinajstić information content (AvgIpc) is 2.57. The van der Waals surface area contributed by atoms with E-state index in [1.807, 2.05) is 0 Å². The first kappa shape index (κ1) is 10.9. The van der Waals surface area contributed by atoms with Crippen LogP contribution in [0.3, 0.4) is 0 Å². The first-order valence-electron chi connectivity index (χ1n) is 6.92. The SMILES string of the molecule is Cc1ccc2cc(C3CCCCCC3)[nH]c2c1. The molecule has 0 saturated heterocycles. The first-order chi connectivity index (χ1) is 8.33. The molecule has 0 aliphatic heterocycles. The number of aryl methyl sites for hydroxylation is 1. The van der Waals surface area contributed by atoms with E-state index in [1.54, 1.807) is 0 Å². The highest BCUT2D eigenvalue weighted by atomic mass is 14.7. The van der Waals surface area contributed by atoms with Crippen LogP contribution in [-0.4, -0.2) is 4.98 Å². The molecule has 0 unspecified atom stereocenters. The van der Waals surface area contributed by atoms with Gasteiger partial charge in [0.1, 0.15) is 0 Å². The fourth-order valence-electron chi connectivity index (χ4n) is 3.07. The maximum absolute atomic E-state index is 3.63. The Morgan fingerprint density at radius 2 is 1.76 bits per heavy atom. The van der Waals surface area contributed by atoms with Crippen LogP contribution in [0.4, 0.5) is 0 Å². The van der Waals surface area contributed by atoms with Crippen LogP contribution >= 0.6 is 0 Å². The van der Waals surface area contributed by atoms with Gasteiger partial charge in [0.05, 0.1) is 0 Å². The summed E-state index contributed by atoms with van der Waals surface area (Å²) in [5, 5.41) is 1.37. The molecular weight excluding hydrogens is 206 g/mol. The van der Waals surface area contributed by atoms with Gasteiger partial charge < -0.3 is 4.98 Å². The van der Waals surface area contributed by atoms with E-state index in [4.69, 9.17) is 0 Å². The van der Waals surface area contributed by atoms with Gasteiger partial charge in [-0.15, -0.1) is 0 Å². The first-order valence-corrected chi connectivity index (χ1v) is 6.92. The average molecular weight is 227 g/mol. The maximum Gasteiger partial charge on any atom is 0.0458 e. The van der Waals surface area contributed by atoms with Gasteiger partial charge in [-0.2, -0.15) is 0 Å². The maximum atomic E-state index is 3.63. The van der Waals surface area contributed by atoms with Crippen molar-refractivity contribution in [1.29, 1.82) is 0 Å². The van der Waals surface area contributed by atoms with Crippen LogP contribution in [0.2, 0.25) is 0 Å². The van der Waals surface area contributed by atoms with E-state index in [0.29, 0.717) is 0 Å². The number of H-pyrrole nitrogens is 1. The predicted octanol–water partition coefficient (Wildman–Crippen LogP) is 4.91. The minimum Gasteiger partial charge on any atom is -0.358 e. The lowest BCUT2D eigenvalue weighted by atomic mass is 9.97.